The Hall–Kier alpha value is -3.30. The molecule has 0 amide bonds. The summed E-state index contributed by atoms with van der Waals surface area (Å²) < 4.78 is 23.9. The highest BCUT2D eigenvalue weighted by Gasteiger charge is 2.19. The molecule has 0 aliphatic rings. The third-order valence-corrected chi connectivity index (χ3v) is 7.31. The number of aliphatic hydroxyl groups is 4. The SMILES string of the molecule is [B]CC(O)COc1ccc2ccc(OCC(O)C[B])c(Cc3c(OCC(O)C[B])ccc4ccc(OCC(O)C[B])cc34)c2c1. The van der Waals surface area contributed by atoms with Crippen LogP contribution in [-0.4, -0.2) is 103 Å². The van der Waals surface area contributed by atoms with Gasteiger partial charge in [-0.3, -0.25) is 0 Å². The van der Waals surface area contributed by atoms with Gasteiger partial charge in [-0.1, -0.05) is 49.5 Å². The fraction of sp³-hybridized carbons (Fsp3) is 0.394. The van der Waals surface area contributed by atoms with E-state index in [1.165, 1.54) is 0 Å². The molecule has 4 aromatic carbocycles. The van der Waals surface area contributed by atoms with Crippen molar-refractivity contribution in [3.05, 3.63) is 71.8 Å². The van der Waals surface area contributed by atoms with Gasteiger partial charge in [0.15, 0.2) is 0 Å². The summed E-state index contributed by atoms with van der Waals surface area (Å²) in [6, 6.07) is 18.7. The Balaban J connectivity index is 1.86. The fourth-order valence-corrected chi connectivity index (χ4v) is 4.70. The first kappa shape index (κ1) is 34.6. The van der Waals surface area contributed by atoms with Crippen molar-refractivity contribution in [1.29, 1.82) is 0 Å². The number of fused-ring (bicyclic) bond motifs is 2. The fourth-order valence-electron chi connectivity index (χ4n) is 4.70. The van der Waals surface area contributed by atoms with Gasteiger partial charge < -0.3 is 39.4 Å². The van der Waals surface area contributed by atoms with Crippen molar-refractivity contribution in [2.75, 3.05) is 26.4 Å². The lowest BCUT2D eigenvalue weighted by atomic mass is 9.93. The largest absolute Gasteiger partial charge is 0.491 e. The lowest BCUT2D eigenvalue weighted by molar-refractivity contribution is 0.122. The van der Waals surface area contributed by atoms with Crippen molar-refractivity contribution in [2.45, 2.75) is 56.1 Å². The Kier molecular flexibility index (Phi) is 12.9. The van der Waals surface area contributed by atoms with Crippen LogP contribution in [0.3, 0.4) is 0 Å². The second kappa shape index (κ2) is 16.9. The van der Waals surface area contributed by atoms with E-state index in [0.717, 1.165) is 32.7 Å². The summed E-state index contributed by atoms with van der Waals surface area (Å²) in [5.41, 5.74) is 1.56. The van der Waals surface area contributed by atoms with E-state index in [4.69, 9.17) is 50.3 Å². The standard InChI is InChI=1S/C33H36B4O8/c34-12-22(38)16-42-26-5-1-20-3-7-32(44-18-24(40)14-36)30(28(20)9-26)11-31-29-10-27(43-17-23(39)13-35)6-2-21(29)4-8-33(31)45-19-25(41)15-37/h1-10,22-25,38-41H,11-19H2. The molecular formula is C33H36B4O8. The number of hydrogen-bond donors (Lipinski definition) is 4. The summed E-state index contributed by atoms with van der Waals surface area (Å²) >= 11 is 0. The number of rotatable bonds is 18. The smallest absolute Gasteiger partial charge is 0.123 e. The van der Waals surface area contributed by atoms with Crippen LogP contribution >= 0.6 is 0 Å². The molecule has 8 nitrogen and oxygen atoms in total. The quantitative estimate of drug-likeness (QED) is 0.128. The molecule has 4 atom stereocenters. The van der Waals surface area contributed by atoms with Gasteiger partial charge in [0.2, 0.25) is 0 Å². The van der Waals surface area contributed by atoms with Gasteiger partial charge in [0, 0.05) is 17.5 Å². The topological polar surface area (TPSA) is 118 Å². The second-order valence-electron chi connectivity index (χ2n) is 10.8. The molecule has 0 fully saturated rings. The third-order valence-electron chi connectivity index (χ3n) is 7.31. The van der Waals surface area contributed by atoms with Crippen LogP contribution < -0.4 is 18.9 Å². The Bertz CT molecular complexity index is 1410. The van der Waals surface area contributed by atoms with Crippen LogP contribution in [0.2, 0.25) is 25.3 Å². The molecule has 228 valence electrons. The van der Waals surface area contributed by atoms with Crippen LogP contribution in [0, 0.1) is 0 Å². The molecular weight excluding hydrogens is 568 g/mol. The minimum absolute atomic E-state index is 0.0169. The predicted molar refractivity (Wildman–Crippen MR) is 179 cm³/mol. The second-order valence-corrected chi connectivity index (χ2v) is 10.8. The van der Waals surface area contributed by atoms with Gasteiger partial charge in [-0.25, -0.2) is 0 Å². The summed E-state index contributed by atoms with van der Waals surface area (Å²) in [4.78, 5) is 0. The van der Waals surface area contributed by atoms with Crippen molar-refractivity contribution >= 4 is 52.9 Å². The highest BCUT2D eigenvalue weighted by Crippen LogP contribution is 2.38. The van der Waals surface area contributed by atoms with Crippen LogP contribution in [-0.2, 0) is 6.42 Å². The molecule has 0 bridgehead atoms. The van der Waals surface area contributed by atoms with Crippen molar-refractivity contribution in [2.24, 2.45) is 0 Å². The molecule has 0 heterocycles. The molecule has 0 saturated heterocycles. The minimum Gasteiger partial charge on any atom is -0.491 e. The lowest BCUT2D eigenvalue weighted by Gasteiger charge is -2.21. The molecule has 0 aliphatic carbocycles. The summed E-state index contributed by atoms with van der Waals surface area (Å²) in [6.45, 7) is 0.0269. The van der Waals surface area contributed by atoms with Crippen LogP contribution in [0.1, 0.15) is 11.1 Å². The number of hydrogen-bond acceptors (Lipinski definition) is 8. The van der Waals surface area contributed by atoms with Gasteiger partial charge in [0.1, 0.15) is 49.4 Å². The average molecular weight is 604 g/mol. The maximum Gasteiger partial charge on any atom is 0.123 e. The van der Waals surface area contributed by atoms with Gasteiger partial charge >= 0.3 is 0 Å². The van der Waals surface area contributed by atoms with E-state index in [-0.39, 0.29) is 51.7 Å². The van der Waals surface area contributed by atoms with Gasteiger partial charge in [-0.05, 0) is 57.9 Å². The predicted octanol–water partition coefficient (Wildman–Crippen LogP) is 2.89. The molecule has 4 rings (SSSR count). The summed E-state index contributed by atoms with van der Waals surface area (Å²) in [7, 11) is 22.4. The monoisotopic (exact) mass is 604 g/mol. The zero-order valence-corrected chi connectivity index (χ0v) is 25.2. The molecule has 45 heavy (non-hydrogen) atoms. The van der Waals surface area contributed by atoms with E-state index < -0.39 is 24.4 Å². The molecule has 0 spiro atoms. The van der Waals surface area contributed by atoms with Gasteiger partial charge in [-0.15, -0.1) is 0 Å². The molecule has 4 unspecified atom stereocenters. The maximum absolute atomic E-state index is 10.2. The molecule has 0 saturated carbocycles. The number of benzene rings is 4. The van der Waals surface area contributed by atoms with E-state index in [2.05, 4.69) is 0 Å². The number of ether oxygens (including phenoxy) is 4. The molecule has 12 heteroatoms. The van der Waals surface area contributed by atoms with Crippen LogP contribution in [0.15, 0.2) is 60.7 Å². The highest BCUT2D eigenvalue weighted by molar-refractivity contribution is 6.09. The molecule has 4 aromatic rings. The summed E-state index contributed by atoms with van der Waals surface area (Å²) in [5, 5.41) is 43.7. The molecule has 0 aromatic heterocycles. The van der Waals surface area contributed by atoms with Crippen LogP contribution in [0.25, 0.3) is 21.5 Å². The van der Waals surface area contributed by atoms with Gasteiger partial charge in [0.25, 0.3) is 0 Å². The summed E-state index contributed by atoms with van der Waals surface area (Å²) in [6.07, 6.45) is -2.82. The Labute approximate surface area is 269 Å². The van der Waals surface area contributed by atoms with Crippen molar-refractivity contribution in [3.8, 4) is 23.0 Å². The minimum atomic E-state index is -0.862. The first-order valence-corrected chi connectivity index (χ1v) is 14.9. The van der Waals surface area contributed by atoms with Crippen molar-refractivity contribution < 1.29 is 39.4 Å². The van der Waals surface area contributed by atoms with E-state index in [9.17, 15) is 20.4 Å². The Morgan fingerprint density at radius 2 is 0.800 bits per heavy atom. The van der Waals surface area contributed by atoms with Crippen LogP contribution in [0.4, 0.5) is 0 Å². The Morgan fingerprint density at radius 3 is 1.16 bits per heavy atom. The zero-order chi connectivity index (χ0) is 32.3. The van der Waals surface area contributed by atoms with Crippen LogP contribution in [0.5, 0.6) is 23.0 Å². The summed E-state index contributed by atoms with van der Waals surface area (Å²) in [5.74, 6) is 2.12. The number of aliphatic hydroxyl groups excluding tert-OH is 4. The van der Waals surface area contributed by atoms with E-state index >= 15 is 0 Å². The third kappa shape index (κ3) is 9.36. The van der Waals surface area contributed by atoms with Gasteiger partial charge in [0.05, 0.1) is 55.8 Å². The normalized spacial score (nSPS) is 14.1. The van der Waals surface area contributed by atoms with Crippen molar-refractivity contribution in [1.82, 2.24) is 0 Å². The Morgan fingerprint density at radius 1 is 0.467 bits per heavy atom. The zero-order valence-electron chi connectivity index (χ0n) is 25.2. The lowest BCUT2D eigenvalue weighted by Crippen LogP contribution is -2.18. The van der Waals surface area contributed by atoms with E-state index in [1.54, 1.807) is 0 Å². The first-order valence-electron chi connectivity index (χ1n) is 14.9. The van der Waals surface area contributed by atoms with E-state index in [1.807, 2.05) is 60.7 Å². The van der Waals surface area contributed by atoms with Crippen molar-refractivity contribution in [3.63, 3.8) is 0 Å². The highest BCUT2D eigenvalue weighted by atomic mass is 16.5. The first-order chi connectivity index (χ1) is 21.8. The molecule has 0 aliphatic heterocycles. The van der Waals surface area contributed by atoms with E-state index in [0.29, 0.717) is 29.4 Å². The average Bonchev–Trinajstić information content (AvgIpc) is 3.07. The maximum atomic E-state index is 10.2. The van der Waals surface area contributed by atoms with Gasteiger partial charge in [-0.2, -0.15) is 0 Å². The molecule has 8 radical (unpaired) electrons. The molecule has 4 N–H and O–H groups in total.